The first-order valence-corrected chi connectivity index (χ1v) is 7.28. The van der Waals surface area contributed by atoms with Gasteiger partial charge in [0.25, 0.3) is 0 Å². The minimum Gasteiger partial charge on any atom is -0.497 e. The number of nitrogens with two attached hydrogens (primary N) is 1. The van der Waals surface area contributed by atoms with Crippen LogP contribution in [-0.4, -0.2) is 16.9 Å². The van der Waals surface area contributed by atoms with E-state index in [1.54, 1.807) is 11.8 Å². The second-order valence-electron chi connectivity index (χ2n) is 5.99. The summed E-state index contributed by atoms with van der Waals surface area (Å²) in [5, 5.41) is 4.62. The van der Waals surface area contributed by atoms with Gasteiger partial charge in [0.15, 0.2) is 0 Å². The van der Waals surface area contributed by atoms with Crippen molar-refractivity contribution in [1.29, 1.82) is 0 Å². The van der Waals surface area contributed by atoms with Crippen LogP contribution >= 0.6 is 15.9 Å². The fraction of sp³-hybridized carbons (Fsp3) is 0.400. The summed E-state index contributed by atoms with van der Waals surface area (Å²) in [5.41, 5.74) is 8.21. The molecule has 4 nitrogen and oxygen atoms in total. The van der Waals surface area contributed by atoms with Crippen molar-refractivity contribution < 1.29 is 4.74 Å². The Morgan fingerprint density at radius 3 is 2.35 bits per heavy atom. The second kappa shape index (κ2) is 5.48. The van der Waals surface area contributed by atoms with Gasteiger partial charge in [-0.15, -0.1) is 0 Å². The fourth-order valence-electron chi connectivity index (χ4n) is 1.99. The van der Waals surface area contributed by atoms with Crippen LogP contribution in [0.4, 0.5) is 5.82 Å². The van der Waals surface area contributed by atoms with Crippen molar-refractivity contribution in [3.05, 3.63) is 34.4 Å². The molecular weight excluding hydrogens is 318 g/mol. The highest BCUT2D eigenvalue weighted by molar-refractivity contribution is 9.10. The molecule has 0 fully saturated rings. The highest BCUT2D eigenvalue weighted by Gasteiger charge is 2.20. The molecule has 1 heterocycles. The molecule has 0 aliphatic carbocycles. The van der Waals surface area contributed by atoms with Crippen molar-refractivity contribution in [2.75, 3.05) is 12.8 Å². The van der Waals surface area contributed by atoms with Gasteiger partial charge in [-0.25, -0.2) is 4.68 Å². The van der Waals surface area contributed by atoms with Crippen LogP contribution in [0.3, 0.4) is 0 Å². The number of hydrogen-bond donors (Lipinski definition) is 1. The average molecular weight is 338 g/mol. The molecule has 0 radical (unpaired) electrons. The van der Waals surface area contributed by atoms with Gasteiger partial charge in [0.05, 0.1) is 23.0 Å². The normalized spacial score (nSPS) is 11.7. The quantitative estimate of drug-likeness (QED) is 0.926. The monoisotopic (exact) mass is 337 g/mol. The smallest absolute Gasteiger partial charge is 0.141 e. The minimum absolute atomic E-state index is 0.161. The molecule has 108 valence electrons. The summed E-state index contributed by atoms with van der Waals surface area (Å²) in [7, 11) is 1.65. The molecule has 0 amide bonds. The molecule has 1 aromatic carbocycles. The molecule has 20 heavy (non-hydrogen) atoms. The summed E-state index contributed by atoms with van der Waals surface area (Å²) < 4.78 is 7.79. The van der Waals surface area contributed by atoms with Crippen LogP contribution in [0.25, 0.3) is 5.69 Å². The number of hydrogen-bond acceptors (Lipinski definition) is 3. The first-order chi connectivity index (χ1) is 9.31. The number of rotatable bonds is 3. The van der Waals surface area contributed by atoms with E-state index >= 15 is 0 Å². The van der Waals surface area contributed by atoms with Crippen LogP contribution in [0.5, 0.6) is 5.75 Å². The van der Waals surface area contributed by atoms with Crippen LogP contribution in [0.2, 0.25) is 0 Å². The van der Waals surface area contributed by atoms with E-state index in [0.717, 1.165) is 28.0 Å². The molecule has 2 rings (SSSR count). The topological polar surface area (TPSA) is 53.1 Å². The molecule has 2 N–H and O–H groups in total. The van der Waals surface area contributed by atoms with Crippen LogP contribution < -0.4 is 10.5 Å². The predicted molar refractivity (Wildman–Crippen MR) is 85.4 cm³/mol. The van der Waals surface area contributed by atoms with E-state index in [0.29, 0.717) is 5.82 Å². The zero-order valence-corrected chi connectivity index (χ0v) is 13.9. The number of halogens is 1. The van der Waals surface area contributed by atoms with Crippen LogP contribution in [-0.2, 0) is 6.42 Å². The SMILES string of the molecule is COc1ccc(-n2nc(CC(C)(C)C)c(Br)c2N)cc1. The Balaban J connectivity index is 2.39. The predicted octanol–water partition coefficient (Wildman–Crippen LogP) is 3.81. The van der Waals surface area contributed by atoms with Crippen LogP contribution in [0.15, 0.2) is 28.7 Å². The number of nitrogen functional groups attached to an aromatic ring is 1. The summed E-state index contributed by atoms with van der Waals surface area (Å²) in [6.45, 7) is 6.55. The van der Waals surface area contributed by atoms with E-state index in [4.69, 9.17) is 10.5 Å². The summed E-state index contributed by atoms with van der Waals surface area (Å²) in [6.07, 6.45) is 0.862. The Morgan fingerprint density at radius 2 is 1.85 bits per heavy atom. The van der Waals surface area contributed by atoms with Crippen molar-refractivity contribution in [1.82, 2.24) is 9.78 Å². The van der Waals surface area contributed by atoms with E-state index < -0.39 is 0 Å². The summed E-state index contributed by atoms with van der Waals surface area (Å²) >= 11 is 3.55. The molecule has 5 heteroatoms. The highest BCUT2D eigenvalue weighted by atomic mass is 79.9. The van der Waals surface area contributed by atoms with Crippen molar-refractivity contribution in [2.24, 2.45) is 5.41 Å². The van der Waals surface area contributed by atoms with Gasteiger partial charge >= 0.3 is 0 Å². The van der Waals surface area contributed by atoms with Gasteiger partial charge in [-0.2, -0.15) is 5.10 Å². The Hall–Kier alpha value is -1.49. The Labute approximate surface area is 128 Å². The van der Waals surface area contributed by atoms with Gasteiger partial charge in [0.1, 0.15) is 11.6 Å². The second-order valence-corrected chi connectivity index (χ2v) is 6.79. The van der Waals surface area contributed by atoms with Gasteiger partial charge in [-0.3, -0.25) is 0 Å². The van der Waals surface area contributed by atoms with Gasteiger partial charge in [-0.05, 0) is 52.0 Å². The third kappa shape index (κ3) is 3.15. The number of anilines is 1. The van der Waals surface area contributed by atoms with Crippen LogP contribution in [0.1, 0.15) is 26.5 Å². The number of nitrogens with zero attached hydrogens (tertiary/aromatic N) is 2. The maximum atomic E-state index is 6.15. The first-order valence-electron chi connectivity index (χ1n) is 6.49. The molecule has 0 atom stereocenters. The fourth-order valence-corrected chi connectivity index (χ4v) is 2.38. The summed E-state index contributed by atoms with van der Waals surface area (Å²) in [4.78, 5) is 0. The van der Waals surface area contributed by atoms with E-state index in [-0.39, 0.29) is 5.41 Å². The molecule has 0 saturated carbocycles. The zero-order chi connectivity index (χ0) is 14.9. The minimum atomic E-state index is 0.161. The number of benzene rings is 1. The van der Waals surface area contributed by atoms with E-state index in [1.807, 2.05) is 24.3 Å². The average Bonchev–Trinajstić information content (AvgIpc) is 2.65. The third-order valence-corrected chi connectivity index (χ3v) is 3.81. The summed E-state index contributed by atoms with van der Waals surface area (Å²) in [5.74, 6) is 1.43. The molecule has 0 unspecified atom stereocenters. The summed E-state index contributed by atoms with van der Waals surface area (Å²) in [6, 6.07) is 7.67. The largest absolute Gasteiger partial charge is 0.497 e. The van der Waals surface area contributed by atoms with E-state index in [9.17, 15) is 0 Å². The first kappa shape index (κ1) is 14.9. The molecular formula is C15H20BrN3O. The van der Waals surface area contributed by atoms with Gasteiger partial charge in [0.2, 0.25) is 0 Å². The Morgan fingerprint density at radius 1 is 1.25 bits per heavy atom. The van der Waals surface area contributed by atoms with Crippen molar-refractivity contribution in [3.63, 3.8) is 0 Å². The molecule has 0 spiro atoms. The molecule has 1 aromatic heterocycles. The van der Waals surface area contributed by atoms with Crippen LogP contribution in [0, 0.1) is 5.41 Å². The number of ether oxygens (including phenoxy) is 1. The maximum absolute atomic E-state index is 6.15. The third-order valence-electron chi connectivity index (χ3n) is 2.94. The Bertz CT molecular complexity index is 597. The highest BCUT2D eigenvalue weighted by Crippen LogP contribution is 2.31. The lowest BCUT2D eigenvalue weighted by atomic mass is 9.91. The van der Waals surface area contributed by atoms with Gasteiger partial charge in [0, 0.05) is 0 Å². The molecule has 0 aliphatic rings. The lowest BCUT2D eigenvalue weighted by Crippen LogP contribution is -2.10. The lowest BCUT2D eigenvalue weighted by molar-refractivity contribution is 0.404. The van der Waals surface area contributed by atoms with Gasteiger partial charge in [-0.1, -0.05) is 20.8 Å². The lowest BCUT2D eigenvalue weighted by Gasteiger charge is -2.16. The van der Waals surface area contributed by atoms with Gasteiger partial charge < -0.3 is 10.5 Å². The molecule has 0 saturated heterocycles. The van der Waals surface area contributed by atoms with Crippen molar-refractivity contribution >= 4 is 21.7 Å². The zero-order valence-electron chi connectivity index (χ0n) is 12.3. The van der Waals surface area contributed by atoms with E-state index in [2.05, 4.69) is 41.8 Å². The molecule has 0 bridgehead atoms. The Kier molecular flexibility index (Phi) is 4.09. The van der Waals surface area contributed by atoms with Crippen molar-refractivity contribution in [3.8, 4) is 11.4 Å². The standard InChI is InChI=1S/C15H20BrN3O/c1-15(2,3)9-12-13(16)14(17)19(18-12)10-5-7-11(20-4)8-6-10/h5-8H,9,17H2,1-4H3. The number of methoxy groups -OCH3 is 1. The molecule has 0 aliphatic heterocycles. The maximum Gasteiger partial charge on any atom is 0.141 e. The number of aromatic nitrogens is 2. The molecule has 2 aromatic rings. The van der Waals surface area contributed by atoms with E-state index in [1.165, 1.54) is 0 Å². The van der Waals surface area contributed by atoms with Crippen molar-refractivity contribution in [2.45, 2.75) is 27.2 Å².